The molecule has 0 aliphatic carbocycles. The number of fused-ring (bicyclic) bond motifs is 1. The van der Waals surface area contributed by atoms with Gasteiger partial charge >= 0.3 is 0 Å². The lowest BCUT2D eigenvalue weighted by Crippen LogP contribution is -2.55. The average molecular weight is 331 g/mol. The normalized spacial score (nSPS) is 16.6. The van der Waals surface area contributed by atoms with Crippen molar-refractivity contribution in [2.75, 3.05) is 34.0 Å². The standard InChI is InChI=1S/C17H21N3O2S/c1-21-14-6-7-15(22-2)13(11-14)8-10-20-16-5-3-4-9-19(16)12-18-17(20)23/h3-7,11H,8-10,12H2,1-2H3,(H,18,23). The Hall–Kier alpha value is -2.21. The molecule has 6 heteroatoms. The Morgan fingerprint density at radius 2 is 2.13 bits per heavy atom. The van der Waals surface area contributed by atoms with Crippen LogP contribution in [0.15, 0.2) is 42.2 Å². The number of methoxy groups -OCH3 is 2. The van der Waals surface area contributed by atoms with Crippen LogP contribution in [-0.2, 0) is 6.42 Å². The van der Waals surface area contributed by atoms with Crippen molar-refractivity contribution in [3.8, 4) is 11.5 Å². The Labute approximate surface area is 142 Å². The Kier molecular flexibility index (Phi) is 4.71. The van der Waals surface area contributed by atoms with Gasteiger partial charge in [-0.1, -0.05) is 12.2 Å². The van der Waals surface area contributed by atoms with Gasteiger partial charge in [0.15, 0.2) is 5.11 Å². The van der Waals surface area contributed by atoms with Crippen LogP contribution in [0.5, 0.6) is 11.5 Å². The van der Waals surface area contributed by atoms with Gasteiger partial charge in [0.2, 0.25) is 0 Å². The molecule has 0 aromatic heterocycles. The summed E-state index contributed by atoms with van der Waals surface area (Å²) in [5, 5.41) is 4.04. The Bertz CT molecular complexity index is 657. The third-order valence-electron chi connectivity index (χ3n) is 4.07. The number of nitrogens with zero attached hydrogens (tertiary/aromatic N) is 2. The molecule has 1 aromatic rings. The van der Waals surface area contributed by atoms with Crippen LogP contribution < -0.4 is 14.8 Å². The second-order valence-corrected chi connectivity index (χ2v) is 5.78. The van der Waals surface area contributed by atoms with Crippen molar-refractivity contribution < 1.29 is 9.47 Å². The Morgan fingerprint density at radius 3 is 2.91 bits per heavy atom. The molecule has 23 heavy (non-hydrogen) atoms. The topological polar surface area (TPSA) is 37.0 Å². The first kappa shape index (κ1) is 15.7. The number of allylic oxidation sites excluding steroid dienone is 2. The summed E-state index contributed by atoms with van der Waals surface area (Å²) in [6.45, 7) is 2.44. The second kappa shape index (κ2) is 6.91. The van der Waals surface area contributed by atoms with Gasteiger partial charge < -0.3 is 24.6 Å². The van der Waals surface area contributed by atoms with Gasteiger partial charge in [-0.05, 0) is 48.5 Å². The van der Waals surface area contributed by atoms with E-state index in [1.807, 2.05) is 18.2 Å². The zero-order valence-corrected chi connectivity index (χ0v) is 14.2. The minimum absolute atomic E-state index is 0.758. The minimum atomic E-state index is 0.758. The molecule has 1 fully saturated rings. The molecule has 0 spiro atoms. The fraction of sp³-hybridized carbons (Fsp3) is 0.353. The van der Waals surface area contributed by atoms with E-state index in [9.17, 15) is 0 Å². The number of rotatable bonds is 5. The van der Waals surface area contributed by atoms with E-state index in [0.29, 0.717) is 0 Å². The fourth-order valence-corrected chi connectivity index (χ4v) is 3.08. The lowest BCUT2D eigenvalue weighted by Gasteiger charge is -2.42. The average Bonchev–Trinajstić information content (AvgIpc) is 2.60. The number of hydrogen-bond acceptors (Lipinski definition) is 4. The van der Waals surface area contributed by atoms with Crippen LogP contribution in [-0.4, -0.2) is 48.9 Å². The maximum absolute atomic E-state index is 5.49. The summed E-state index contributed by atoms with van der Waals surface area (Å²) >= 11 is 5.49. The van der Waals surface area contributed by atoms with Gasteiger partial charge in [-0.25, -0.2) is 0 Å². The fourth-order valence-electron chi connectivity index (χ4n) is 2.84. The lowest BCUT2D eigenvalue weighted by atomic mass is 10.1. The van der Waals surface area contributed by atoms with Crippen molar-refractivity contribution in [3.05, 3.63) is 47.8 Å². The molecule has 0 radical (unpaired) electrons. The summed E-state index contributed by atoms with van der Waals surface area (Å²) in [5.41, 5.74) is 1.11. The molecular formula is C17H21N3O2S. The second-order valence-electron chi connectivity index (χ2n) is 5.39. The number of ether oxygens (including phenoxy) is 2. The van der Waals surface area contributed by atoms with Gasteiger partial charge in [0.25, 0.3) is 0 Å². The van der Waals surface area contributed by atoms with Crippen LogP contribution in [0.1, 0.15) is 5.56 Å². The molecule has 2 aliphatic heterocycles. The maximum Gasteiger partial charge on any atom is 0.175 e. The smallest absolute Gasteiger partial charge is 0.175 e. The molecule has 1 N–H and O–H groups in total. The summed E-state index contributed by atoms with van der Waals surface area (Å²) in [7, 11) is 3.36. The molecule has 5 nitrogen and oxygen atoms in total. The molecule has 122 valence electrons. The van der Waals surface area contributed by atoms with Crippen molar-refractivity contribution in [2.24, 2.45) is 0 Å². The third kappa shape index (κ3) is 3.27. The van der Waals surface area contributed by atoms with Gasteiger partial charge in [-0.2, -0.15) is 0 Å². The van der Waals surface area contributed by atoms with Gasteiger partial charge in [-0.15, -0.1) is 0 Å². The monoisotopic (exact) mass is 331 g/mol. The first-order chi connectivity index (χ1) is 11.2. The molecule has 0 atom stereocenters. The molecule has 0 amide bonds. The van der Waals surface area contributed by atoms with Crippen LogP contribution in [0.2, 0.25) is 0 Å². The summed E-state index contributed by atoms with van der Waals surface area (Å²) in [4.78, 5) is 4.40. The largest absolute Gasteiger partial charge is 0.497 e. The number of nitrogens with one attached hydrogen (secondary N) is 1. The highest BCUT2D eigenvalue weighted by molar-refractivity contribution is 7.80. The molecule has 2 aliphatic rings. The van der Waals surface area contributed by atoms with Crippen LogP contribution in [0.3, 0.4) is 0 Å². The van der Waals surface area contributed by atoms with E-state index in [1.165, 1.54) is 0 Å². The van der Waals surface area contributed by atoms with Crippen molar-refractivity contribution in [2.45, 2.75) is 6.42 Å². The highest BCUT2D eigenvalue weighted by atomic mass is 32.1. The van der Waals surface area contributed by atoms with E-state index in [-0.39, 0.29) is 0 Å². The highest BCUT2D eigenvalue weighted by Crippen LogP contribution is 2.26. The number of benzene rings is 1. The van der Waals surface area contributed by atoms with Crippen LogP contribution in [0, 0.1) is 0 Å². The van der Waals surface area contributed by atoms with Gasteiger partial charge in [0.05, 0.1) is 20.9 Å². The molecule has 2 heterocycles. The Morgan fingerprint density at radius 1 is 1.26 bits per heavy atom. The van der Waals surface area contributed by atoms with Crippen molar-refractivity contribution in [1.29, 1.82) is 0 Å². The maximum atomic E-state index is 5.49. The van der Waals surface area contributed by atoms with Crippen LogP contribution in [0.25, 0.3) is 0 Å². The van der Waals surface area contributed by atoms with Crippen LogP contribution >= 0.6 is 12.2 Å². The zero-order chi connectivity index (χ0) is 16.2. The highest BCUT2D eigenvalue weighted by Gasteiger charge is 2.25. The summed E-state index contributed by atoms with van der Waals surface area (Å²) in [5.74, 6) is 2.86. The first-order valence-electron chi connectivity index (χ1n) is 7.61. The lowest BCUT2D eigenvalue weighted by molar-refractivity contribution is 0.244. The van der Waals surface area contributed by atoms with E-state index >= 15 is 0 Å². The number of hydrogen-bond donors (Lipinski definition) is 1. The molecular weight excluding hydrogens is 310 g/mol. The first-order valence-corrected chi connectivity index (χ1v) is 8.02. The molecule has 0 saturated carbocycles. The SMILES string of the molecule is COc1ccc(OC)c(CCN2C(=S)NCN3CC=CC=C32)c1. The van der Waals surface area contributed by atoms with Crippen LogP contribution in [0.4, 0.5) is 0 Å². The van der Waals surface area contributed by atoms with Crippen molar-refractivity contribution in [1.82, 2.24) is 15.1 Å². The summed E-state index contributed by atoms with van der Waals surface area (Å²) in [6, 6.07) is 5.87. The molecule has 1 saturated heterocycles. The predicted molar refractivity (Wildman–Crippen MR) is 94.5 cm³/mol. The minimum Gasteiger partial charge on any atom is -0.497 e. The molecule has 1 aromatic carbocycles. The van der Waals surface area contributed by atoms with E-state index in [4.69, 9.17) is 21.7 Å². The van der Waals surface area contributed by atoms with E-state index in [1.54, 1.807) is 14.2 Å². The van der Waals surface area contributed by atoms with Gasteiger partial charge in [-0.3, -0.25) is 0 Å². The quantitative estimate of drug-likeness (QED) is 0.833. The van der Waals surface area contributed by atoms with E-state index in [0.717, 1.165) is 54.2 Å². The van der Waals surface area contributed by atoms with Crippen molar-refractivity contribution >= 4 is 17.3 Å². The third-order valence-corrected chi connectivity index (χ3v) is 4.43. The van der Waals surface area contributed by atoms with E-state index < -0.39 is 0 Å². The van der Waals surface area contributed by atoms with Gasteiger partial charge in [0, 0.05) is 13.1 Å². The predicted octanol–water partition coefficient (Wildman–Crippen LogP) is 2.11. The molecule has 0 unspecified atom stereocenters. The molecule has 3 rings (SSSR count). The molecule has 0 bridgehead atoms. The zero-order valence-electron chi connectivity index (χ0n) is 13.4. The summed E-state index contributed by atoms with van der Waals surface area (Å²) in [6.07, 6.45) is 7.15. The summed E-state index contributed by atoms with van der Waals surface area (Å²) < 4.78 is 10.8. The van der Waals surface area contributed by atoms with E-state index in [2.05, 4.69) is 33.3 Å². The van der Waals surface area contributed by atoms with Crippen molar-refractivity contribution in [3.63, 3.8) is 0 Å². The Balaban J connectivity index is 1.77. The number of thiocarbonyl (C=S) groups is 1. The van der Waals surface area contributed by atoms with Gasteiger partial charge in [0.1, 0.15) is 17.3 Å².